The van der Waals surface area contributed by atoms with E-state index in [2.05, 4.69) is 4.98 Å². The maximum atomic E-state index is 10.9. The molecule has 2 aromatic heterocycles. The van der Waals surface area contributed by atoms with Gasteiger partial charge in [-0.2, -0.15) is 0 Å². The first kappa shape index (κ1) is 9.54. The van der Waals surface area contributed by atoms with Crippen LogP contribution >= 0.6 is 12.4 Å². The zero-order chi connectivity index (χ0) is 8.55. The molecule has 0 saturated carbocycles. The minimum absolute atomic E-state index is 0. The van der Waals surface area contributed by atoms with Crippen molar-refractivity contribution in [2.24, 2.45) is 5.73 Å². The Labute approximate surface area is 80.8 Å². The Morgan fingerprint density at radius 2 is 2.23 bits per heavy atom. The molecule has 5 heteroatoms. The second kappa shape index (κ2) is 3.45. The van der Waals surface area contributed by atoms with E-state index in [1.165, 1.54) is 0 Å². The van der Waals surface area contributed by atoms with E-state index in [-0.39, 0.29) is 12.4 Å². The Balaban J connectivity index is 0.000000845. The van der Waals surface area contributed by atoms with Crippen molar-refractivity contribution in [1.82, 2.24) is 9.38 Å². The zero-order valence-electron chi connectivity index (χ0n) is 6.68. The van der Waals surface area contributed by atoms with Crippen LogP contribution in [0, 0.1) is 0 Å². The molecule has 68 valence electrons. The number of rotatable bonds is 1. The van der Waals surface area contributed by atoms with Crippen molar-refractivity contribution in [2.75, 3.05) is 0 Å². The van der Waals surface area contributed by atoms with Crippen LogP contribution in [-0.4, -0.2) is 15.3 Å². The molecule has 2 aromatic rings. The summed E-state index contributed by atoms with van der Waals surface area (Å²) in [4.78, 5) is 14.8. The molecule has 0 aliphatic carbocycles. The van der Waals surface area contributed by atoms with E-state index in [0.29, 0.717) is 5.56 Å². The molecule has 0 fully saturated rings. The zero-order valence-corrected chi connectivity index (χ0v) is 7.49. The van der Waals surface area contributed by atoms with Crippen LogP contribution in [0.5, 0.6) is 0 Å². The molecule has 2 heterocycles. The third-order valence-electron chi connectivity index (χ3n) is 1.73. The largest absolute Gasteiger partial charge is 0.366 e. The molecule has 0 aromatic carbocycles. The first-order chi connectivity index (χ1) is 5.79. The summed E-state index contributed by atoms with van der Waals surface area (Å²) in [6.45, 7) is 0. The number of carbonyl (C=O) groups is 1. The van der Waals surface area contributed by atoms with Gasteiger partial charge in [-0.3, -0.25) is 9.78 Å². The van der Waals surface area contributed by atoms with Gasteiger partial charge >= 0.3 is 0 Å². The first-order valence-corrected chi connectivity index (χ1v) is 3.49. The van der Waals surface area contributed by atoms with Crippen molar-refractivity contribution in [2.45, 2.75) is 0 Å². The summed E-state index contributed by atoms with van der Waals surface area (Å²) in [5, 5.41) is 0. The van der Waals surface area contributed by atoms with Gasteiger partial charge in [0, 0.05) is 18.6 Å². The highest BCUT2D eigenvalue weighted by atomic mass is 35.5. The number of hydrogen-bond acceptors (Lipinski definition) is 2. The van der Waals surface area contributed by atoms with Gasteiger partial charge in [-0.25, -0.2) is 0 Å². The number of aromatic nitrogens is 2. The van der Waals surface area contributed by atoms with Gasteiger partial charge in [0.25, 0.3) is 5.91 Å². The average molecular weight is 198 g/mol. The predicted molar refractivity (Wildman–Crippen MR) is 51.0 cm³/mol. The van der Waals surface area contributed by atoms with Crippen molar-refractivity contribution in [1.29, 1.82) is 0 Å². The molecule has 2 rings (SSSR count). The van der Waals surface area contributed by atoms with Crippen molar-refractivity contribution < 1.29 is 4.79 Å². The van der Waals surface area contributed by atoms with Crippen LogP contribution in [0.15, 0.2) is 30.9 Å². The molecule has 13 heavy (non-hydrogen) atoms. The minimum Gasteiger partial charge on any atom is -0.366 e. The Morgan fingerprint density at radius 3 is 2.92 bits per heavy atom. The molecule has 0 atom stereocenters. The summed E-state index contributed by atoms with van der Waals surface area (Å²) >= 11 is 0. The van der Waals surface area contributed by atoms with Crippen LogP contribution < -0.4 is 5.73 Å². The summed E-state index contributed by atoms with van der Waals surface area (Å²) in [5.41, 5.74) is 6.39. The van der Waals surface area contributed by atoms with Crippen LogP contribution in [0.4, 0.5) is 0 Å². The Kier molecular flexibility index (Phi) is 2.53. The smallest absolute Gasteiger partial charge is 0.250 e. The number of halogens is 1. The Bertz CT molecular complexity index is 438. The van der Waals surface area contributed by atoms with Gasteiger partial charge in [-0.05, 0) is 6.07 Å². The Hall–Kier alpha value is -1.55. The number of carbonyl (C=O) groups excluding carboxylic acids is 1. The molecule has 4 nitrogen and oxygen atoms in total. The maximum absolute atomic E-state index is 10.9. The molecule has 0 aliphatic rings. The molecular formula is C8H8ClN3O. The standard InChI is InChI=1S/C8H7N3O.ClH/c9-8(12)6-1-3-11-4-2-10-5-7(6)11;/h1-5H,(H2,9,12);1H. The van der Waals surface area contributed by atoms with Gasteiger partial charge < -0.3 is 10.1 Å². The predicted octanol–water partition coefficient (Wildman–Crippen LogP) is 0.855. The van der Waals surface area contributed by atoms with Crippen LogP contribution in [0.2, 0.25) is 0 Å². The number of primary amides is 1. The van der Waals surface area contributed by atoms with E-state index in [1.54, 1.807) is 35.3 Å². The highest BCUT2D eigenvalue weighted by molar-refractivity contribution is 5.99. The molecule has 0 unspecified atom stereocenters. The third kappa shape index (κ3) is 1.48. The summed E-state index contributed by atoms with van der Waals surface area (Å²) in [6, 6.07) is 1.68. The third-order valence-corrected chi connectivity index (χ3v) is 1.73. The lowest BCUT2D eigenvalue weighted by atomic mass is 10.3. The van der Waals surface area contributed by atoms with Crippen LogP contribution in [0.25, 0.3) is 5.52 Å². The molecule has 0 spiro atoms. The number of amides is 1. The van der Waals surface area contributed by atoms with E-state index in [4.69, 9.17) is 5.73 Å². The maximum Gasteiger partial charge on any atom is 0.250 e. The second-order valence-corrected chi connectivity index (χ2v) is 2.46. The summed E-state index contributed by atoms with van der Waals surface area (Å²) in [5.74, 6) is -0.425. The topological polar surface area (TPSA) is 60.4 Å². The van der Waals surface area contributed by atoms with Gasteiger partial charge in [0.1, 0.15) is 0 Å². The molecule has 0 aliphatic heterocycles. The normalized spacial score (nSPS) is 9.54. The van der Waals surface area contributed by atoms with Crippen molar-refractivity contribution in [3.05, 3.63) is 36.4 Å². The van der Waals surface area contributed by atoms with Crippen molar-refractivity contribution in [3.63, 3.8) is 0 Å². The quantitative estimate of drug-likeness (QED) is 0.737. The number of nitrogens with two attached hydrogens (primary N) is 1. The van der Waals surface area contributed by atoms with E-state index in [1.807, 2.05) is 0 Å². The highest BCUT2D eigenvalue weighted by Gasteiger charge is 2.05. The number of fused-ring (bicyclic) bond motifs is 1. The van der Waals surface area contributed by atoms with E-state index < -0.39 is 5.91 Å². The van der Waals surface area contributed by atoms with Gasteiger partial charge in [0.05, 0.1) is 17.3 Å². The highest BCUT2D eigenvalue weighted by Crippen LogP contribution is 2.09. The molecule has 0 saturated heterocycles. The fourth-order valence-corrected chi connectivity index (χ4v) is 1.16. The molecule has 1 amide bonds. The van der Waals surface area contributed by atoms with E-state index in [9.17, 15) is 4.79 Å². The summed E-state index contributed by atoms with van der Waals surface area (Å²) < 4.78 is 1.80. The van der Waals surface area contributed by atoms with Crippen LogP contribution in [0.3, 0.4) is 0 Å². The van der Waals surface area contributed by atoms with E-state index in [0.717, 1.165) is 5.52 Å². The fourth-order valence-electron chi connectivity index (χ4n) is 1.16. The lowest BCUT2D eigenvalue weighted by Gasteiger charge is -1.93. The van der Waals surface area contributed by atoms with Gasteiger partial charge in [-0.1, -0.05) is 0 Å². The van der Waals surface area contributed by atoms with Crippen LogP contribution in [-0.2, 0) is 0 Å². The van der Waals surface area contributed by atoms with Gasteiger partial charge in [-0.15, -0.1) is 12.4 Å². The lowest BCUT2D eigenvalue weighted by Crippen LogP contribution is -2.10. The fraction of sp³-hybridized carbons (Fsp3) is 0. The molecule has 2 N–H and O–H groups in total. The average Bonchev–Trinajstić information content (AvgIpc) is 2.47. The molecule has 0 radical (unpaired) electrons. The second-order valence-electron chi connectivity index (χ2n) is 2.46. The SMILES string of the molecule is Cl.NC(=O)c1ccn2ccncc12. The van der Waals surface area contributed by atoms with Crippen molar-refractivity contribution >= 4 is 23.8 Å². The Morgan fingerprint density at radius 1 is 1.46 bits per heavy atom. The minimum atomic E-state index is -0.425. The summed E-state index contributed by atoms with van der Waals surface area (Å²) in [7, 11) is 0. The number of hydrogen-bond donors (Lipinski definition) is 1. The monoisotopic (exact) mass is 197 g/mol. The lowest BCUT2D eigenvalue weighted by molar-refractivity contribution is 0.100. The van der Waals surface area contributed by atoms with Crippen LogP contribution in [0.1, 0.15) is 10.4 Å². The van der Waals surface area contributed by atoms with Gasteiger partial charge in [0.2, 0.25) is 0 Å². The van der Waals surface area contributed by atoms with E-state index >= 15 is 0 Å². The summed E-state index contributed by atoms with van der Waals surface area (Å²) in [6.07, 6.45) is 6.80. The number of nitrogens with zero attached hydrogens (tertiary/aromatic N) is 2. The first-order valence-electron chi connectivity index (χ1n) is 3.49. The molecular weight excluding hydrogens is 190 g/mol. The molecule has 0 bridgehead atoms. The van der Waals surface area contributed by atoms with Gasteiger partial charge in [0.15, 0.2) is 0 Å². The van der Waals surface area contributed by atoms with Crippen molar-refractivity contribution in [3.8, 4) is 0 Å².